The van der Waals surface area contributed by atoms with E-state index in [0.29, 0.717) is 38.1 Å². The monoisotopic (exact) mass is 430 g/mol. The van der Waals surface area contributed by atoms with Crippen LogP contribution in [0.1, 0.15) is 41.6 Å². The Kier molecular flexibility index (Phi) is 7.05. The van der Waals surface area contributed by atoms with E-state index >= 15 is 0 Å². The summed E-state index contributed by atoms with van der Waals surface area (Å²) in [5, 5.41) is 5.19. The third-order valence-corrected chi connectivity index (χ3v) is 6.10. The Morgan fingerprint density at radius 1 is 0.969 bits per heavy atom. The number of amides is 2. The predicted molar refractivity (Wildman–Crippen MR) is 127 cm³/mol. The lowest BCUT2D eigenvalue weighted by Crippen LogP contribution is -2.46. The van der Waals surface area contributed by atoms with Crippen LogP contribution in [0.25, 0.3) is 10.8 Å². The number of carbonyl (C=O) groups is 2. The van der Waals surface area contributed by atoms with Gasteiger partial charge in [-0.1, -0.05) is 54.6 Å². The van der Waals surface area contributed by atoms with E-state index in [2.05, 4.69) is 5.32 Å². The number of nitrogens with zero attached hydrogens (tertiary/aromatic N) is 1. The molecule has 166 valence electrons. The van der Waals surface area contributed by atoms with Crippen LogP contribution in [0.3, 0.4) is 0 Å². The van der Waals surface area contributed by atoms with E-state index in [1.807, 2.05) is 78.6 Å². The summed E-state index contributed by atoms with van der Waals surface area (Å²) in [6.45, 7) is 3.91. The molecule has 0 aromatic heterocycles. The van der Waals surface area contributed by atoms with Gasteiger partial charge in [0, 0.05) is 31.1 Å². The van der Waals surface area contributed by atoms with E-state index in [0.717, 1.165) is 34.9 Å². The van der Waals surface area contributed by atoms with Crippen molar-refractivity contribution < 1.29 is 14.3 Å². The van der Waals surface area contributed by atoms with Crippen LogP contribution in [0.2, 0.25) is 0 Å². The van der Waals surface area contributed by atoms with Gasteiger partial charge >= 0.3 is 0 Å². The fourth-order valence-electron chi connectivity index (χ4n) is 4.24. The molecule has 0 atom stereocenters. The number of nitrogens with one attached hydrogen (secondary N) is 1. The summed E-state index contributed by atoms with van der Waals surface area (Å²) < 4.78 is 5.79. The molecule has 0 spiro atoms. The number of benzene rings is 3. The van der Waals surface area contributed by atoms with E-state index in [-0.39, 0.29) is 17.9 Å². The number of fused-ring (bicyclic) bond motifs is 1. The van der Waals surface area contributed by atoms with E-state index < -0.39 is 0 Å². The maximum Gasteiger partial charge on any atom is 0.252 e. The normalized spacial score (nSPS) is 14.3. The number of rotatable bonds is 7. The van der Waals surface area contributed by atoms with Crippen molar-refractivity contribution in [3.8, 4) is 5.75 Å². The zero-order valence-electron chi connectivity index (χ0n) is 18.5. The molecule has 0 radical (unpaired) electrons. The summed E-state index contributed by atoms with van der Waals surface area (Å²) in [6, 6.07) is 21.7. The Bertz CT molecular complexity index is 1080. The molecule has 0 saturated carbocycles. The lowest BCUT2D eigenvalue weighted by molar-refractivity contribution is -0.132. The third kappa shape index (κ3) is 5.28. The van der Waals surface area contributed by atoms with Crippen molar-refractivity contribution in [2.45, 2.75) is 38.6 Å². The van der Waals surface area contributed by atoms with Gasteiger partial charge < -0.3 is 15.0 Å². The number of hydrogen-bond donors (Lipinski definition) is 1. The predicted octanol–water partition coefficient (Wildman–Crippen LogP) is 4.73. The van der Waals surface area contributed by atoms with Crippen LogP contribution in [-0.4, -0.2) is 42.5 Å². The first-order valence-corrected chi connectivity index (χ1v) is 11.4. The molecule has 1 N–H and O–H groups in total. The minimum Gasteiger partial charge on any atom is -0.493 e. The zero-order chi connectivity index (χ0) is 22.3. The Labute approximate surface area is 189 Å². The fourth-order valence-corrected chi connectivity index (χ4v) is 4.24. The maximum absolute atomic E-state index is 12.9. The highest BCUT2D eigenvalue weighted by atomic mass is 16.5. The number of para-hydroxylation sites is 1. The summed E-state index contributed by atoms with van der Waals surface area (Å²) in [5.74, 6) is 1.000. The number of aryl methyl sites for hydroxylation is 1. The Morgan fingerprint density at radius 3 is 2.50 bits per heavy atom. The van der Waals surface area contributed by atoms with Crippen molar-refractivity contribution in [1.29, 1.82) is 0 Å². The highest BCUT2D eigenvalue weighted by Gasteiger charge is 2.24. The molecule has 1 aliphatic heterocycles. The van der Waals surface area contributed by atoms with Crippen molar-refractivity contribution in [2.75, 3.05) is 19.7 Å². The van der Waals surface area contributed by atoms with Crippen molar-refractivity contribution in [3.63, 3.8) is 0 Å². The van der Waals surface area contributed by atoms with Crippen LogP contribution in [-0.2, 0) is 4.79 Å². The van der Waals surface area contributed by atoms with Crippen LogP contribution in [0.5, 0.6) is 5.75 Å². The van der Waals surface area contributed by atoms with Crippen molar-refractivity contribution >= 4 is 22.6 Å². The second-order valence-corrected chi connectivity index (χ2v) is 8.37. The second kappa shape index (κ2) is 10.3. The summed E-state index contributed by atoms with van der Waals surface area (Å²) in [5.41, 5.74) is 1.81. The van der Waals surface area contributed by atoms with Crippen LogP contribution < -0.4 is 10.1 Å². The van der Waals surface area contributed by atoms with Gasteiger partial charge in [0.25, 0.3) is 5.91 Å². The second-order valence-electron chi connectivity index (χ2n) is 8.37. The number of carbonyl (C=O) groups excluding carboxylic acids is 2. The van der Waals surface area contributed by atoms with Crippen molar-refractivity contribution in [1.82, 2.24) is 10.2 Å². The number of likely N-dealkylation sites (tertiary alicyclic amines) is 1. The van der Waals surface area contributed by atoms with Crippen LogP contribution in [0.15, 0.2) is 66.7 Å². The Hall–Kier alpha value is -3.34. The summed E-state index contributed by atoms with van der Waals surface area (Å²) in [6.07, 6.45) is 2.74. The zero-order valence-corrected chi connectivity index (χ0v) is 18.5. The van der Waals surface area contributed by atoms with Gasteiger partial charge in [0.15, 0.2) is 0 Å². The highest BCUT2D eigenvalue weighted by molar-refractivity contribution is 6.07. The first kappa shape index (κ1) is 21.9. The largest absolute Gasteiger partial charge is 0.493 e. The van der Waals surface area contributed by atoms with Crippen molar-refractivity contribution in [2.24, 2.45) is 0 Å². The van der Waals surface area contributed by atoms with E-state index in [4.69, 9.17) is 4.74 Å². The van der Waals surface area contributed by atoms with Crippen LogP contribution >= 0.6 is 0 Å². The quantitative estimate of drug-likeness (QED) is 0.552. The van der Waals surface area contributed by atoms with Gasteiger partial charge in [0.05, 0.1) is 6.61 Å². The molecule has 1 aliphatic rings. The standard InChI is InChI=1S/C27H30N2O3/c1-20-8-2-5-13-25(20)32-19-7-14-26(30)29-17-15-22(16-18-29)28-27(31)24-12-6-10-21-9-3-4-11-23(21)24/h2-6,8-13,22H,7,14-19H2,1H3,(H,28,31). The molecule has 32 heavy (non-hydrogen) atoms. The molecule has 1 saturated heterocycles. The van der Waals surface area contributed by atoms with Gasteiger partial charge in [-0.2, -0.15) is 0 Å². The van der Waals surface area contributed by atoms with E-state index in [1.165, 1.54) is 0 Å². The molecule has 3 aromatic carbocycles. The van der Waals surface area contributed by atoms with Gasteiger partial charge in [-0.15, -0.1) is 0 Å². The fraction of sp³-hybridized carbons (Fsp3) is 0.333. The molecule has 3 aromatic rings. The van der Waals surface area contributed by atoms with Gasteiger partial charge in [-0.3, -0.25) is 9.59 Å². The molecule has 2 amide bonds. The first-order chi connectivity index (χ1) is 15.6. The molecule has 0 bridgehead atoms. The van der Waals surface area contributed by atoms with Gasteiger partial charge in [0.1, 0.15) is 5.75 Å². The van der Waals surface area contributed by atoms with Crippen LogP contribution in [0, 0.1) is 6.92 Å². The van der Waals surface area contributed by atoms with Gasteiger partial charge in [0.2, 0.25) is 5.91 Å². The minimum atomic E-state index is -0.0417. The van der Waals surface area contributed by atoms with E-state index in [1.54, 1.807) is 0 Å². The molecule has 5 heteroatoms. The maximum atomic E-state index is 12.9. The Balaban J connectivity index is 1.21. The van der Waals surface area contributed by atoms with Crippen LogP contribution in [0.4, 0.5) is 0 Å². The minimum absolute atomic E-state index is 0.0417. The van der Waals surface area contributed by atoms with Crippen molar-refractivity contribution in [3.05, 3.63) is 77.9 Å². The average Bonchev–Trinajstić information content (AvgIpc) is 2.82. The molecule has 5 nitrogen and oxygen atoms in total. The lowest BCUT2D eigenvalue weighted by Gasteiger charge is -2.32. The molecular formula is C27H30N2O3. The number of ether oxygens (including phenoxy) is 1. The Morgan fingerprint density at radius 2 is 1.69 bits per heavy atom. The smallest absolute Gasteiger partial charge is 0.252 e. The molecular weight excluding hydrogens is 400 g/mol. The van der Waals surface area contributed by atoms with Gasteiger partial charge in [-0.05, 0) is 54.7 Å². The molecule has 1 heterocycles. The number of piperidine rings is 1. The number of hydrogen-bond acceptors (Lipinski definition) is 3. The summed E-state index contributed by atoms with van der Waals surface area (Å²) in [4.78, 5) is 27.3. The molecule has 1 fully saturated rings. The third-order valence-electron chi connectivity index (χ3n) is 6.10. The van der Waals surface area contributed by atoms with E-state index in [9.17, 15) is 9.59 Å². The van der Waals surface area contributed by atoms with Gasteiger partial charge in [-0.25, -0.2) is 0 Å². The molecule has 4 rings (SSSR count). The SMILES string of the molecule is Cc1ccccc1OCCCC(=O)N1CCC(NC(=O)c2cccc3ccccc23)CC1. The lowest BCUT2D eigenvalue weighted by atomic mass is 10.0. The average molecular weight is 431 g/mol. The summed E-state index contributed by atoms with van der Waals surface area (Å²) in [7, 11) is 0. The molecule has 0 unspecified atom stereocenters. The topological polar surface area (TPSA) is 58.6 Å². The summed E-state index contributed by atoms with van der Waals surface area (Å²) >= 11 is 0. The highest BCUT2D eigenvalue weighted by Crippen LogP contribution is 2.20. The first-order valence-electron chi connectivity index (χ1n) is 11.4. The molecule has 0 aliphatic carbocycles.